The Morgan fingerprint density at radius 2 is 0.688 bits per heavy atom. The van der Waals surface area contributed by atoms with Gasteiger partial charge in [0.25, 0.3) is 0 Å². The van der Waals surface area contributed by atoms with Gasteiger partial charge in [0.1, 0.15) is 0 Å². The molecule has 0 heterocycles. The molecule has 0 unspecified atom stereocenters. The van der Waals surface area contributed by atoms with Crippen molar-refractivity contribution in [3.63, 3.8) is 0 Å². The molecule has 32 heavy (non-hydrogen) atoms. The van der Waals surface area contributed by atoms with Gasteiger partial charge in [0, 0.05) is 12.8 Å². The fraction of sp³-hybridized carbons (Fsp3) is 0.786. The molecular weight excluding hydrogens is 400 g/mol. The van der Waals surface area contributed by atoms with Crippen molar-refractivity contribution in [2.24, 2.45) is 0 Å². The molecule has 0 aromatic carbocycles. The first-order valence-electron chi connectivity index (χ1n) is 13.1. The van der Waals surface area contributed by atoms with E-state index in [-0.39, 0.29) is 11.9 Å². The highest BCUT2D eigenvalue weighted by molar-refractivity contribution is 5.69. The summed E-state index contributed by atoms with van der Waals surface area (Å²) in [5.41, 5.74) is 0. The number of ether oxygens (including phenoxy) is 2. The highest BCUT2D eigenvalue weighted by Crippen LogP contribution is 2.11. The second-order valence-corrected chi connectivity index (χ2v) is 8.70. The molecule has 186 valence electrons. The van der Waals surface area contributed by atoms with E-state index in [0.29, 0.717) is 12.8 Å². The van der Waals surface area contributed by atoms with E-state index in [1.807, 2.05) is 0 Å². The van der Waals surface area contributed by atoms with Crippen molar-refractivity contribution in [2.45, 2.75) is 128 Å². The Morgan fingerprint density at radius 1 is 0.438 bits per heavy atom. The van der Waals surface area contributed by atoms with Crippen LogP contribution in [-0.2, 0) is 19.1 Å². The van der Waals surface area contributed by atoms with Gasteiger partial charge < -0.3 is 9.47 Å². The Bertz CT molecular complexity index is 438. The van der Waals surface area contributed by atoms with E-state index in [1.165, 1.54) is 104 Å². The minimum atomic E-state index is -0.0858. The molecule has 4 heteroatoms. The summed E-state index contributed by atoms with van der Waals surface area (Å²) in [7, 11) is 2.91. The Hall–Kier alpha value is -1.58. The number of carbonyl (C=O) groups is 2. The van der Waals surface area contributed by atoms with Crippen LogP contribution >= 0.6 is 0 Å². The van der Waals surface area contributed by atoms with Crippen LogP contribution in [-0.4, -0.2) is 26.2 Å². The van der Waals surface area contributed by atoms with Gasteiger partial charge in [-0.25, -0.2) is 0 Å². The highest BCUT2D eigenvalue weighted by Gasteiger charge is 1.99. The summed E-state index contributed by atoms with van der Waals surface area (Å²) >= 11 is 0. The molecule has 4 nitrogen and oxygen atoms in total. The van der Waals surface area contributed by atoms with Crippen molar-refractivity contribution in [1.29, 1.82) is 0 Å². The molecule has 0 saturated heterocycles. The minimum absolute atomic E-state index is 0.0858. The minimum Gasteiger partial charge on any atom is -0.469 e. The zero-order chi connectivity index (χ0) is 23.5. The first kappa shape index (κ1) is 30.4. The Labute approximate surface area is 198 Å². The standard InChI is InChI=1S/C28H50O4/c1-31-27(29)25-23-21-19-17-15-13-11-9-7-5-3-4-6-8-10-12-14-16-18-20-22-24-26-28(30)32-2/h9-12H,3-8,13-26H2,1-2H3. The van der Waals surface area contributed by atoms with Crippen LogP contribution in [0.4, 0.5) is 0 Å². The summed E-state index contributed by atoms with van der Waals surface area (Å²) < 4.78 is 9.29. The van der Waals surface area contributed by atoms with Crippen LogP contribution in [0.3, 0.4) is 0 Å². The van der Waals surface area contributed by atoms with Crippen LogP contribution in [0.1, 0.15) is 128 Å². The quantitative estimate of drug-likeness (QED) is 0.0893. The number of methoxy groups -OCH3 is 2. The Balaban J connectivity index is 3.20. The van der Waals surface area contributed by atoms with Crippen molar-refractivity contribution >= 4 is 11.9 Å². The van der Waals surface area contributed by atoms with Crippen molar-refractivity contribution in [1.82, 2.24) is 0 Å². The van der Waals surface area contributed by atoms with Crippen molar-refractivity contribution < 1.29 is 19.1 Å². The molecule has 0 bridgehead atoms. The van der Waals surface area contributed by atoms with Crippen molar-refractivity contribution in [3.05, 3.63) is 24.3 Å². The third-order valence-corrected chi connectivity index (χ3v) is 5.78. The van der Waals surface area contributed by atoms with Gasteiger partial charge in [0.2, 0.25) is 0 Å². The fourth-order valence-electron chi connectivity index (χ4n) is 3.68. The Kier molecular flexibility index (Phi) is 24.4. The highest BCUT2D eigenvalue weighted by atomic mass is 16.5. The molecule has 0 N–H and O–H groups in total. The monoisotopic (exact) mass is 450 g/mol. The molecule has 0 aliphatic heterocycles. The van der Waals surface area contributed by atoms with E-state index in [4.69, 9.17) is 0 Å². The number of unbranched alkanes of at least 4 members (excludes halogenated alkanes) is 15. The number of rotatable bonds is 23. The van der Waals surface area contributed by atoms with E-state index >= 15 is 0 Å². The van der Waals surface area contributed by atoms with Crippen LogP contribution < -0.4 is 0 Å². The predicted molar refractivity (Wildman–Crippen MR) is 135 cm³/mol. The summed E-state index contributed by atoms with van der Waals surface area (Å²) in [6.07, 6.45) is 32.3. The maximum atomic E-state index is 11.0. The van der Waals surface area contributed by atoms with E-state index in [0.717, 1.165) is 25.7 Å². The van der Waals surface area contributed by atoms with Crippen molar-refractivity contribution in [3.8, 4) is 0 Å². The molecular formula is C28H50O4. The largest absolute Gasteiger partial charge is 0.469 e. The lowest BCUT2D eigenvalue weighted by Crippen LogP contribution is -1.98. The zero-order valence-electron chi connectivity index (χ0n) is 21.1. The van der Waals surface area contributed by atoms with Gasteiger partial charge in [-0.3, -0.25) is 9.59 Å². The normalized spacial score (nSPS) is 11.4. The second kappa shape index (κ2) is 25.7. The van der Waals surface area contributed by atoms with Gasteiger partial charge in [0.15, 0.2) is 0 Å². The van der Waals surface area contributed by atoms with Gasteiger partial charge in [-0.05, 0) is 64.2 Å². The van der Waals surface area contributed by atoms with E-state index in [1.54, 1.807) is 0 Å². The first-order valence-corrected chi connectivity index (χ1v) is 13.1. The van der Waals surface area contributed by atoms with Crippen LogP contribution in [0.15, 0.2) is 24.3 Å². The topological polar surface area (TPSA) is 52.6 Å². The summed E-state index contributed by atoms with van der Waals surface area (Å²) in [5.74, 6) is -0.172. The van der Waals surface area contributed by atoms with Gasteiger partial charge in [0.05, 0.1) is 14.2 Å². The van der Waals surface area contributed by atoms with E-state index < -0.39 is 0 Å². The van der Waals surface area contributed by atoms with Gasteiger partial charge >= 0.3 is 11.9 Å². The van der Waals surface area contributed by atoms with Gasteiger partial charge in [-0.15, -0.1) is 0 Å². The first-order chi connectivity index (χ1) is 15.7. The maximum Gasteiger partial charge on any atom is 0.305 e. The van der Waals surface area contributed by atoms with Crippen molar-refractivity contribution in [2.75, 3.05) is 14.2 Å². The van der Waals surface area contributed by atoms with E-state index in [2.05, 4.69) is 33.8 Å². The van der Waals surface area contributed by atoms with Crippen LogP contribution in [0.5, 0.6) is 0 Å². The average molecular weight is 451 g/mol. The molecule has 0 aliphatic carbocycles. The molecule has 0 aliphatic rings. The fourth-order valence-corrected chi connectivity index (χ4v) is 3.68. The average Bonchev–Trinajstić information content (AvgIpc) is 2.81. The SMILES string of the molecule is COC(=O)CCCCCCCC=CCCCCCCC=CCCCCCCCC(=O)OC. The number of esters is 2. The summed E-state index contributed by atoms with van der Waals surface area (Å²) in [6.45, 7) is 0. The molecule has 0 fully saturated rings. The van der Waals surface area contributed by atoms with Crippen LogP contribution in [0, 0.1) is 0 Å². The van der Waals surface area contributed by atoms with Gasteiger partial charge in [-0.1, -0.05) is 75.7 Å². The third-order valence-electron chi connectivity index (χ3n) is 5.78. The molecule has 0 spiro atoms. The molecule has 0 atom stereocenters. The lowest BCUT2D eigenvalue weighted by atomic mass is 10.1. The molecule has 0 amide bonds. The lowest BCUT2D eigenvalue weighted by molar-refractivity contribution is -0.141. The number of allylic oxidation sites excluding steroid dienone is 4. The van der Waals surface area contributed by atoms with Crippen LogP contribution in [0.25, 0.3) is 0 Å². The molecule has 0 rings (SSSR count). The number of hydrogen-bond acceptors (Lipinski definition) is 4. The summed E-state index contributed by atoms with van der Waals surface area (Å²) in [6, 6.07) is 0. The Morgan fingerprint density at radius 3 is 0.969 bits per heavy atom. The number of hydrogen-bond donors (Lipinski definition) is 0. The molecule has 0 saturated carbocycles. The molecule has 0 radical (unpaired) electrons. The molecule has 0 aromatic rings. The predicted octanol–water partition coefficient (Wildman–Crippen LogP) is 8.25. The second-order valence-electron chi connectivity index (χ2n) is 8.70. The number of carbonyl (C=O) groups excluding carboxylic acids is 2. The summed E-state index contributed by atoms with van der Waals surface area (Å²) in [4.78, 5) is 22.0. The maximum absolute atomic E-state index is 11.0. The molecule has 0 aromatic heterocycles. The third kappa shape index (κ3) is 24.7. The smallest absolute Gasteiger partial charge is 0.305 e. The zero-order valence-corrected chi connectivity index (χ0v) is 21.1. The van der Waals surface area contributed by atoms with Gasteiger partial charge in [-0.2, -0.15) is 0 Å². The van der Waals surface area contributed by atoms with E-state index in [9.17, 15) is 9.59 Å². The lowest BCUT2D eigenvalue weighted by Gasteiger charge is -2.00. The summed E-state index contributed by atoms with van der Waals surface area (Å²) in [5, 5.41) is 0. The van der Waals surface area contributed by atoms with Crippen LogP contribution in [0.2, 0.25) is 0 Å².